The van der Waals surface area contributed by atoms with Crippen LogP contribution in [-0.2, 0) is 9.59 Å². The lowest BCUT2D eigenvalue weighted by atomic mass is 9.77. The third-order valence-corrected chi connectivity index (χ3v) is 5.85. The number of hydrogen-bond acceptors (Lipinski definition) is 3. The molecule has 0 spiro atoms. The summed E-state index contributed by atoms with van der Waals surface area (Å²) in [5.41, 5.74) is 0. The maximum Gasteiger partial charge on any atom is 0.306 e. The summed E-state index contributed by atoms with van der Waals surface area (Å²) in [7, 11) is 0. The van der Waals surface area contributed by atoms with Crippen LogP contribution < -0.4 is 0 Å². The smallest absolute Gasteiger partial charge is 0.306 e. The minimum absolute atomic E-state index is 0.105. The number of carboxylic acids is 1. The van der Waals surface area contributed by atoms with E-state index in [-0.39, 0.29) is 35.9 Å². The summed E-state index contributed by atoms with van der Waals surface area (Å²) in [5, 5.41) is 19.5. The van der Waals surface area contributed by atoms with Gasteiger partial charge in [0.25, 0.3) is 0 Å². The fourth-order valence-electron chi connectivity index (χ4n) is 4.41. The van der Waals surface area contributed by atoms with Gasteiger partial charge in [0, 0.05) is 18.3 Å². The second kappa shape index (κ2) is 10.7. The second-order valence-electron chi connectivity index (χ2n) is 7.94. The molecule has 2 unspecified atom stereocenters. The second-order valence-corrected chi connectivity index (χ2v) is 7.94. The first-order valence-electron chi connectivity index (χ1n) is 9.89. The van der Waals surface area contributed by atoms with E-state index in [1.165, 1.54) is 0 Å². The first-order chi connectivity index (χ1) is 11.8. The summed E-state index contributed by atoms with van der Waals surface area (Å²) in [6.45, 7) is 10.1. The molecular weight excluding hydrogens is 316 g/mol. The van der Waals surface area contributed by atoms with Crippen LogP contribution in [0.25, 0.3) is 0 Å². The van der Waals surface area contributed by atoms with E-state index in [2.05, 4.69) is 27.4 Å². The molecule has 1 aliphatic rings. The number of ketones is 1. The van der Waals surface area contributed by atoms with E-state index in [9.17, 15) is 19.8 Å². The van der Waals surface area contributed by atoms with Gasteiger partial charge < -0.3 is 10.2 Å². The van der Waals surface area contributed by atoms with Crippen molar-refractivity contribution in [1.82, 2.24) is 0 Å². The zero-order valence-electron chi connectivity index (χ0n) is 16.1. The molecule has 1 saturated carbocycles. The molecule has 0 aromatic rings. The van der Waals surface area contributed by atoms with Crippen LogP contribution in [0.1, 0.15) is 72.1 Å². The zero-order chi connectivity index (χ0) is 19.0. The average molecular weight is 353 g/mol. The molecule has 0 heterocycles. The highest BCUT2D eigenvalue weighted by Gasteiger charge is 2.39. The summed E-state index contributed by atoms with van der Waals surface area (Å²) in [6, 6.07) is 0. The van der Waals surface area contributed by atoms with E-state index in [0.717, 1.165) is 38.5 Å². The Morgan fingerprint density at radius 1 is 1.28 bits per heavy atom. The Labute approximate surface area is 152 Å². The highest BCUT2D eigenvalue weighted by atomic mass is 16.4. The number of unbranched alkanes of at least 4 members (excludes halogenated alkanes) is 2. The summed E-state index contributed by atoms with van der Waals surface area (Å²) in [4.78, 5) is 23.6. The molecule has 1 fully saturated rings. The predicted octanol–water partition coefficient (Wildman–Crippen LogP) is 4.46. The van der Waals surface area contributed by atoms with Crippen molar-refractivity contribution < 1.29 is 19.8 Å². The van der Waals surface area contributed by atoms with Gasteiger partial charge in [-0.15, -0.1) is 6.58 Å². The van der Waals surface area contributed by atoms with E-state index >= 15 is 0 Å². The van der Waals surface area contributed by atoms with Crippen LogP contribution >= 0.6 is 0 Å². The van der Waals surface area contributed by atoms with Crippen molar-refractivity contribution in [2.75, 3.05) is 0 Å². The van der Waals surface area contributed by atoms with Crippen LogP contribution in [0, 0.1) is 29.6 Å². The van der Waals surface area contributed by atoms with Gasteiger partial charge in [-0.25, -0.2) is 0 Å². The van der Waals surface area contributed by atoms with E-state index in [1.54, 1.807) is 6.08 Å². The topological polar surface area (TPSA) is 74.6 Å². The van der Waals surface area contributed by atoms with Gasteiger partial charge in [-0.05, 0) is 31.1 Å². The van der Waals surface area contributed by atoms with Gasteiger partial charge in [-0.2, -0.15) is 0 Å². The lowest BCUT2D eigenvalue weighted by Gasteiger charge is -2.27. The number of aliphatic hydroxyl groups is 1. The molecule has 1 rings (SSSR count). The molecule has 4 nitrogen and oxygen atoms in total. The maximum absolute atomic E-state index is 12.0. The number of rotatable bonds is 12. The van der Waals surface area contributed by atoms with Crippen molar-refractivity contribution in [1.29, 1.82) is 0 Å². The Bertz CT molecular complexity index is 443. The number of aliphatic hydroxyl groups excluding tert-OH is 1. The zero-order valence-corrected chi connectivity index (χ0v) is 16.1. The van der Waals surface area contributed by atoms with Crippen LogP contribution in [0.15, 0.2) is 12.7 Å². The van der Waals surface area contributed by atoms with Gasteiger partial charge in [0.05, 0.1) is 12.0 Å². The molecule has 0 saturated heterocycles. The van der Waals surface area contributed by atoms with Gasteiger partial charge in [0.1, 0.15) is 5.78 Å². The molecule has 25 heavy (non-hydrogen) atoms. The first-order valence-corrected chi connectivity index (χ1v) is 9.89. The molecule has 4 heteroatoms. The Hall–Kier alpha value is -1.16. The molecule has 144 valence electrons. The summed E-state index contributed by atoms with van der Waals surface area (Å²) >= 11 is 0. The Balaban J connectivity index is 2.43. The predicted molar refractivity (Wildman–Crippen MR) is 100 cm³/mol. The normalized spacial score (nSPS) is 26.0. The van der Waals surface area contributed by atoms with Crippen LogP contribution in [0.2, 0.25) is 0 Å². The minimum Gasteiger partial charge on any atom is -0.481 e. The molecular formula is C21H36O4. The molecule has 0 amide bonds. The van der Waals surface area contributed by atoms with Crippen LogP contribution in [0.5, 0.6) is 0 Å². The third kappa shape index (κ3) is 6.25. The Kier molecular flexibility index (Phi) is 9.41. The lowest BCUT2D eigenvalue weighted by molar-refractivity contribution is -0.145. The summed E-state index contributed by atoms with van der Waals surface area (Å²) in [6.07, 6.45) is 7.56. The van der Waals surface area contributed by atoms with Crippen LogP contribution in [0.3, 0.4) is 0 Å². The fourth-order valence-corrected chi connectivity index (χ4v) is 4.41. The average Bonchev–Trinajstić information content (AvgIpc) is 2.81. The van der Waals surface area contributed by atoms with Gasteiger partial charge in [-0.3, -0.25) is 9.59 Å². The molecule has 0 aliphatic heterocycles. The van der Waals surface area contributed by atoms with Crippen molar-refractivity contribution in [3.8, 4) is 0 Å². The molecule has 0 aromatic heterocycles. The number of carbonyl (C=O) groups is 2. The molecule has 2 N–H and O–H groups in total. The van der Waals surface area contributed by atoms with E-state index in [0.29, 0.717) is 12.3 Å². The number of hydrogen-bond donors (Lipinski definition) is 2. The van der Waals surface area contributed by atoms with Crippen LogP contribution in [0.4, 0.5) is 0 Å². The largest absolute Gasteiger partial charge is 0.481 e. The summed E-state index contributed by atoms with van der Waals surface area (Å²) < 4.78 is 0. The van der Waals surface area contributed by atoms with Gasteiger partial charge >= 0.3 is 5.97 Å². The summed E-state index contributed by atoms with van der Waals surface area (Å²) in [5.74, 6) is -0.404. The minimum atomic E-state index is -0.673. The SMILES string of the molecule is C=C[C@H]1[C@H](O)CC(=O)[C@@H]1CCCCCC(C(=O)O)C(CCC)C(C)C. The number of Topliss-reactive ketones (excluding diaryl/α,β-unsaturated/α-hetero) is 1. The van der Waals surface area contributed by atoms with Crippen molar-refractivity contribution in [2.45, 2.75) is 78.2 Å². The lowest BCUT2D eigenvalue weighted by Crippen LogP contribution is -2.27. The Morgan fingerprint density at radius 2 is 1.96 bits per heavy atom. The van der Waals surface area contributed by atoms with Crippen molar-refractivity contribution in [3.05, 3.63) is 12.7 Å². The van der Waals surface area contributed by atoms with Crippen molar-refractivity contribution in [2.24, 2.45) is 29.6 Å². The Morgan fingerprint density at radius 3 is 2.48 bits per heavy atom. The molecule has 5 atom stereocenters. The van der Waals surface area contributed by atoms with Crippen molar-refractivity contribution >= 4 is 11.8 Å². The highest BCUT2D eigenvalue weighted by Crippen LogP contribution is 2.34. The fraction of sp³-hybridized carbons (Fsp3) is 0.810. The quantitative estimate of drug-likeness (QED) is 0.402. The van der Waals surface area contributed by atoms with E-state index in [4.69, 9.17) is 0 Å². The molecule has 0 radical (unpaired) electrons. The van der Waals surface area contributed by atoms with Gasteiger partial charge in [0.15, 0.2) is 0 Å². The monoisotopic (exact) mass is 352 g/mol. The number of carboxylic acid groups (broad SMARTS) is 1. The van der Waals surface area contributed by atoms with Gasteiger partial charge in [0.2, 0.25) is 0 Å². The first kappa shape index (κ1) is 21.9. The van der Waals surface area contributed by atoms with E-state index in [1.807, 2.05) is 0 Å². The van der Waals surface area contributed by atoms with Crippen LogP contribution in [-0.4, -0.2) is 28.1 Å². The highest BCUT2D eigenvalue weighted by molar-refractivity contribution is 5.84. The molecule has 1 aliphatic carbocycles. The van der Waals surface area contributed by atoms with Crippen molar-refractivity contribution in [3.63, 3.8) is 0 Å². The molecule has 0 aromatic carbocycles. The maximum atomic E-state index is 12.0. The number of carbonyl (C=O) groups excluding carboxylic acids is 1. The molecule has 0 bridgehead atoms. The van der Waals surface area contributed by atoms with E-state index < -0.39 is 12.1 Å². The standard InChI is InChI=1S/C21H36O4/c1-5-10-16(14(3)4)18(21(24)25)12-9-7-8-11-17-15(6-2)19(22)13-20(17)23/h6,14-19,22H,2,5,7-13H2,1,3-4H3,(H,24,25)/t15-,16?,17-,18?,19-/m1/s1. The number of aliphatic carboxylic acids is 1. The third-order valence-electron chi connectivity index (χ3n) is 5.85. The van der Waals surface area contributed by atoms with Gasteiger partial charge in [-0.1, -0.05) is 52.5 Å².